The summed E-state index contributed by atoms with van der Waals surface area (Å²) in [4.78, 5) is 24.5. The highest BCUT2D eigenvalue weighted by molar-refractivity contribution is 5.87. The van der Waals surface area contributed by atoms with E-state index in [1.807, 2.05) is 20.8 Å². The van der Waals surface area contributed by atoms with Crippen molar-refractivity contribution in [1.82, 2.24) is 10.8 Å². The van der Waals surface area contributed by atoms with Crippen molar-refractivity contribution in [3.05, 3.63) is 12.7 Å². The summed E-state index contributed by atoms with van der Waals surface area (Å²) in [6.07, 6.45) is 3.44. The van der Waals surface area contributed by atoms with Crippen LogP contribution in [0.25, 0.3) is 0 Å². The van der Waals surface area contributed by atoms with Crippen LogP contribution < -0.4 is 10.8 Å². The first kappa shape index (κ1) is 20.6. The lowest BCUT2D eigenvalue weighted by Gasteiger charge is -2.27. The molecule has 0 fully saturated rings. The molecule has 0 aromatic heterocycles. The van der Waals surface area contributed by atoms with E-state index >= 15 is 0 Å². The number of carbonyl (C=O) groups is 2. The summed E-state index contributed by atoms with van der Waals surface area (Å²) in [6.45, 7) is 13.9. The molecule has 0 aliphatic rings. The summed E-state index contributed by atoms with van der Waals surface area (Å²) in [5, 5.41) is 11.9. The van der Waals surface area contributed by atoms with Gasteiger partial charge in [0, 0.05) is 6.04 Å². The van der Waals surface area contributed by atoms with Crippen LogP contribution in [-0.2, 0) is 9.59 Å². The Hall–Kier alpha value is -1.36. The van der Waals surface area contributed by atoms with Crippen molar-refractivity contribution in [1.29, 1.82) is 0 Å². The van der Waals surface area contributed by atoms with Gasteiger partial charge < -0.3 is 5.32 Å². The average molecular weight is 312 g/mol. The Morgan fingerprint density at radius 2 is 1.55 bits per heavy atom. The minimum Gasteiger partial charge on any atom is -0.353 e. The second-order valence-electron chi connectivity index (χ2n) is 6.88. The summed E-state index contributed by atoms with van der Waals surface area (Å²) in [7, 11) is 0. The summed E-state index contributed by atoms with van der Waals surface area (Å²) < 4.78 is 0. The van der Waals surface area contributed by atoms with Crippen molar-refractivity contribution in [3.8, 4) is 0 Å². The standard InChI is InChI=1S/C17H32N2O3/c1-7-8-14(17(21)19-22)15(10-12(4)5)16(20)18-13(6)9-11(2)3/h7,11-15,22H,1,8-10H2,2-6H3,(H,18,20)(H,19,21)/t13-,14+,15-/m1/s1. The predicted molar refractivity (Wildman–Crippen MR) is 88.2 cm³/mol. The minimum atomic E-state index is -0.601. The van der Waals surface area contributed by atoms with Crippen molar-refractivity contribution in [2.75, 3.05) is 0 Å². The fourth-order valence-corrected chi connectivity index (χ4v) is 2.79. The number of carbonyl (C=O) groups excluding carboxylic acids is 2. The van der Waals surface area contributed by atoms with E-state index in [0.29, 0.717) is 18.8 Å². The van der Waals surface area contributed by atoms with E-state index in [-0.39, 0.29) is 17.9 Å². The van der Waals surface area contributed by atoms with Gasteiger partial charge in [-0.05, 0) is 38.0 Å². The van der Waals surface area contributed by atoms with Gasteiger partial charge in [0.2, 0.25) is 11.8 Å². The molecule has 128 valence electrons. The number of amides is 2. The van der Waals surface area contributed by atoms with Crippen molar-refractivity contribution < 1.29 is 14.8 Å². The Morgan fingerprint density at radius 1 is 1.00 bits per heavy atom. The highest BCUT2D eigenvalue weighted by Gasteiger charge is 2.33. The smallest absolute Gasteiger partial charge is 0.247 e. The first-order chi connectivity index (χ1) is 10.2. The molecule has 2 amide bonds. The quantitative estimate of drug-likeness (QED) is 0.330. The first-order valence-electron chi connectivity index (χ1n) is 8.08. The third-order valence-corrected chi connectivity index (χ3v) is 3.63. The zero-order chi connectivity index (χ0) is 17.3. The van der Waals surface area contributed by atoms with Crippen LogP contribution in [0.5, 0.6) is 0 Å². The Balaban J connectivity index is 5.10. The van der Waals surface area contributed by atoms with Crippen molar-refractivity contribution in [2.45, 2.75) is 59.9 Å². The highest BCUT2D eigenvalue weighted by Crippen LogP contribution is 2.25. The Morgan fingerprint density at radius 3 is 1.95 bits per heavy atom. The van der Waals surface area contributed by atoms with Crippen LogP contribution in [0.4, 0.5) is 0 Å². The molecule has 22 heavy (non-hydrogen) atoms. The second kappa shape index (κ2) is 10.4. The molecule has 0 spiro atoms. The summed E-state index contributed by atoms with van der Waals surface area (Å²) in [6, 6.07) is 0.0590. The Labute approximate surface area is 134 Å². The van der Waals surface area contributed by atoms with Crippen molar-refractivity contribution in [3.63, 3.8) is 0 Å². The third kappa shape index (κ3) is 7.59. The zero-order valence-corrected chi connectivity index (χ0v) is 14.6. The normalized spacial score (nSPS) is 15.3. The van der Waals surface area contributed by atoms with Gasteiger partial charge in [-0.15, -0.1) is 6.58 Å². The maximum atomic E-state index is 12.6. The van der Waals surface area contributed by atoms with E-state index in [1.165, 1.54) is 0 Å². The molecule has 3 atom stereocenters. The van der Waals surface area contributed by atoms with Crippen LogP contribution in [0, 0.1) is 23.7 Å². The predicted octanol–water partition coefficient (Wildman–Crippen LogP) is 2.90. The molecule has 0 aliphatic heterocycles. The average Bonchev–Trinajstić information content (AvgIpc) is 2.40. The second-order valence-corrected chi connectivity index (χ2v) is 6.88. The molecular weight excluding hydrogens is 280 g/mol. The number of hydrogen-bond acceptors (Lipinski definition) is 3. The molecule has 0 bridgehead atoms. The summed E-state index contributed by atoms with van der Waals surface area (Å²) in [5.74, 6) is -0.969. The van der Waals surface area contributed by atoms with Gasteiger partial charge in [0.15, 0.2) is 0 Å². The largest absolute Gasteiger partial charge is 0.353 e. The van der Waals surface area contributed by atoms with Gasteiger partial charge in [-0.2, -0.15) is 0 Å². The number of allylic oxidation sites excluding steroid dienone is 1. The SMILES string of the molecule is C=CC[C@H](C(=O)NO)[C@@H](CC(C)C)C(=O)N[C@H](C)CC(C)C. The van der Waals surface area contributed by atoms with Crippen LogP contribution in [0.15, 0.2) is 12.7 Å². The topological polar surface area (TPSA) is 78.4 Å². The maximum Gasteiger partial charge on any atom is 0.247 e. The number of rotatable bonds is 10. The highest BCUT2D eigenvalue weighted by atomic mass is 16.5. The molecular formula is C17H32N2O3. The summed E-state index contributed by atoms with van der Waals surface area (Å²) >= 11 is 0. The summed E-state index contributed by atoms with van der Waals surface area (Å²) in [5.41, 5.74) is 1.68. The molecule has 0 saturated heterocycles. The van der Waals surface area contributed by atoms with Gasteiger partial charge in [0.05, 0.1) is 11.8 Å². The molecule has 0 rings (SSSR count). The van der Waals surface area contributed by atoms with Crippen LogP contribution >= 0.6 is 0 Å². The lowest BCUT2D eigenvalue weighted by atomic mass is 9.82. The van der Waals surface area contributed by atoms with E-state index < -0.39 is 17.7 Å². The van der Waals surface area contributed by atoms with E-state index in [4.69, 9.17) is 5.21 Å². The number of nitrogens with one attached hydrogen (secondary N) is 2. The number of hydroxylamine groups is 1. The van der Waals surface area contributed by atoms with Crippen molar-refractivity contribution in [2.24, 2.45) is 23.7 Å². The van der Waals surface area contributed by atoms with Gasteiger partial charge in [0.1, 0.15) is 0 Å². The monoisotopic (exact) mass is 312 g/mol. The van der Waals surface area contributed by atoms with Gasteiger partial charge in [-0.3, -0.25) is 14.8 Å². The van der Waals surface area contributed by atoms with Crippen LogP contribution in [0.3, 0.4) is 0 Å². The minimum absolute atomic E-state index is 0.0590. The Kier molecular flexibility index (Phi) is 9.74. The lowest BCUT2D eigenvalue weighted by molar-refractivity contribution is -0.141. The van der Waals surface area contributed by atoms with Crippen LogP contribution in [0.1, 0.15) is 53.9 Å². The van der Waals surface area contributed by atoms with E-state index in [0.717, 1.165) is 6.42 Å². The molecule has 0 aliphatic carbocycles. The molecule has 0 aromatic carbocycles. The molecule has 5 nitrogen and oxygen atoms in total. The fraction of sp³-hybridized carbons (Fsp3) is 0.765. The molecule has 0 heterocycles. The van der Waals surface area contributed by atoms with Gasteiger partial charge in [-0.1, -0.05) is 33.8 Å². The van der Waals surface area contributed by atoms with Crippen molar-refractivity contribution >= 4 is 11.8 Å². The van der Waals surface area contributed by atoms with E-state index in [2.05, 4.69) is 25.7 Å². The van der Waals surface area contributed by atoms with E-state index in [1.54, 1.807) is 11.6 Å². The van der Waals surface area contributed by atoms with Gasteiger partial charge >= 0.3 is 0 Å². The maximum absolute atomic E-state index is 12.6. The van der Waals surface area contributed by atoms with Gasteiger partial charge in [0.25, 0.3) is 0 Å². The van der Waals surface area contributed by atoms with Crippen LogP contribution in [-0.4, -0.2) is 23.1 Å². The molecule has 5 heteroatoms. The molecule has 0 unspecified atom stereocenters. The third-order valence-electron chi connectivity index (χ3n) is 3.63. The lowest BCUT2D eigenvalue weighted by Crippen LogP contribution is -2.44. The van der Waals surface area contributed by atoms with Gasteiger partial charge in [-0.25, -0.2) is 5.48 Å². The van der Waals surface area contributed by atoms with Crippen LogP contribution in [0.2, 0.25) is 0 Å². The first-order valence-corrected chi connectivity index (χ1v) is 8.08. The molecule has 0 aromatic rings. The Bertz CT molecular complexity index is 367. The molecule has 0 radical (unpaired) electrons. The number of hydrogen-bond donors (Lipinski definition) is 3. The van der Waals surface area contributed by atoms with E-state index in [9.17, 15) is 9.59 Å². The zero-order valence-electron chi connectivity index (χ0n) is 14.6. The molecule has 0 saturated carbocycles. The fourth-order valence-electron chi connectivity index (χ4n) is 2.79. The molecule has 3 N–H and O–H groups in total.